The number of hydrogen-bond acceptors (Lipinski definition) is 24. The first-order chi connectivity index (χ1) is 31.4. The zero-order valence-electron chi connectivity index (χ0n) is 34.0. The monoisotopic (exact) mass is 934 g/mol. The minimum absolute atomic E-state index is 0.0134. The number of hydrogen-bond donors (Lipinski definition) is 14. The van der Waals surface area contributed by atoms with Crippen LogP contribution in [0.5, 0.6) is 34.5 Å². The van der Waals surface area contributed by atoms with Gasteiger partial charge in [-0.05, 0) is 42.0 Å². The number of aliphatic hydroxyl groups is 9. The van der Waals surface area contributed by atoms with Crippen LogP contribution in [-0.2, 0) is 33.2 Å². The zero-order chi connectivity index (χ0) is 47.7. The molecule has 0 radical (unpaired) electrons. The van der Waals surface area contributed by atoms with Crippen LogP contribution >= 0.6 is 0 Å². The van der Waals surface area contributed by atoms with E-state index >= 15 is 0 Å². The van der Waals surface area contributed by atoms with Gasteiger partial charge in [-0.3, -0.25) is 4.79 Å². The van der Waals surface area contributed by atoms with Gasteiger partial charge in [0.2, 0.25) is 17.5 Å². The summed E-state index contributed by atoms with van der Waals surface area (Å²) < 4.78 is 45.9. The van der Waals surface area contributed by atoms with E-state index in [2.05, 4.69) is 0 Å². The molecule has 1 aromatic heterocycles. The van der Waals surface area contributed by atoms with Crippen LogP contribution in [0.1, 0.15) is 5.56 Å². The summed E-state index contributed by atoms with van der Waals surface area (Å²) in [6.07, 6.45) is -27.5. The van der Waals surface area contributed by atoms with E-state index in [0.29, 0.717) is 5.56 Å². The van der Waals surface area contributed by atoms with Crippen LogP contribution in [0.4, 0.5) is 0 Å². The quantitative estimate of drug-likeness (QED) is 0.0363. The van der Waals surface area contributed by atoms with Gasteiger partial charge >= 0.3 is 5.97 Å². The van der Waals surface area contributed by atoms with Gasteiger partial charge in [0.15, 0.2) is 35.9 Å². The van der Waals surface area contributed by atoms with Crippen LogP contribution in [0, 0.1) is 0 Å². The second-order valence-electron chi connectivity index (χ2n) is 15.4. The Morgan fingerprint density at radius 2 is 1.20 bits per heavy atom. The first-order valence-electron chi connectivity index (χ1n) is 20.0. The Morgan fingerprint density at radius 1 is 0.606 bits per heavy atom. The number of aliphatic hydroxyl groups excluding tert-OH is 9. The van der Waals surface area contributed by atoms with Crippen molar-refractivity contribution in [1.29, 1.82) is 0 Å². The van der Waals surface area contributed by atoms with Crippen molar-refractivity contribution >= 4 is 23.0 Å². The number of rotatable bonds is 13. The standard InChI is InChI=1S/C42H46O24/c43-12-23-29(52)34(57)39(41(61-23)64-37-31(54)27-21(49)10-18(46)11-22(27)60-36(37)16-4-7-19(47)20(48)9-16)66-42-38(33(56)28(51)24(13-44)62-42)65-40-35(58)32(55)30(53)25(63-40)14-59-26(50)8-3-15-1-5-17(45)6-2-15/h1-11,23-25,28-30,32-35,38-49,51-53,55-58H,12-14H2/b8-3+. The number of ether oxygens (including phenoxy) is 7. The first-order valence-corrected chi connectivity index (χ1v) is 20.0. The summed E-state index contributed by atoms with van der Waals surface area (Å²) in [6, 6.07) is 10.7. The van der Waals surface area contributed by atoms with Crippen LogP contribution in [-0.4, -0.2) is 189 Å². The predicted molar refractivity (Wildman–Crippen MR) is 215 cm³/mol. The number of aromatic hydroxyl groups is 5. The second-order valence-corrected chi connectivity index (χ2v) is 15.4. The number of phenolic OH excluding ortho intramolecular Hbond substituents is 5. The molecule has 3 aliphatic heterocycles. The smallest absolute Gasteiger partial charge is 0.330 e. The third kappa shape index (κ3) is 9.87. The fourth-order valence-electron chi connectivity index (χ4n) is 7.39. The lowest BCUT2D eigenvalue weighted by molar-refractivity contribution is -0.389. The molecule has 7 rings (SSSR count). The molecule has 0 bridgehead atoms. The molecule has 24 heteroatoms. The Morgan fingerprint density at radius 3 is 1.83 bits per heavy atom. The van der Waals surface area contributed by atoms with Gasteiger partial charge in [0.05, 0.1) is 13.2 Å². The Labute approximate surface area is 370 Å². The highest BCUT2D eigenvalue weighted by molar-refractivity contribution is 5.88. The van der Waals surface area contributed by atoms with Gasteiger partial charge in [-0.1, -0.05) is 12.1 Å². The third-order valence-electron chi connectivity index (χ3n) is 11.0. The fraction of sp³-hybridized carbons (Fsp3) is 0.429. The summed E-state index contributed by atoms with van der Waals surface area (Å²) in [5, 5.41) is 147. The molecule has 15 unspecified atom stereocenters. The van der Waals surface area contributed by atoms with Crippen molar-refractivity contribution in [2.24, 2.45) is 0 Å². The topological polar surface area (TPSA) is 395 Å². The van der Waals surface area contributed by atoms with Crippen molar-refractivity contribution in [2.45, 2.75) is 92.1 Å². The van der Waals surface area contributed by atoms with Crippen LogP contribution in [0.2, 0.25) is 0 Å². The van der Waals surface area contributed by atoms with Gasteiger partial charge in [-0.2, -0.15) is 0 Å². The third-order valence-corrected chi connectivity index (χ3v) is 11.0. The Hall–Kier alpha value is -5.68. The molecule has 15 atom stereocenters. The SMILES string of the molecule is O=C(/C=C/c1ccc(O)cc1)OCC1OC(OC2C(OC3C(Oc4c(-c5ccc(O)c(O)c5)oc5cc(O)cc(O)c5c4=O)OC(CO)C(O)C3O)OC(CO)C(O)C2O)C(O)C(O)C1O. The average molecular weight is 935 g/mol. The zero-order valence-corrected chi connectivity index (χ0v) is 34.0. The molecule has 0 saturated carbocycles. The van der Waals surface area contributed by atoms with Crippen molar-refractivity contribution in [2.75, 3.05) is 19.8 Å². The highest BCUT2D eigenvalue weighted by Gasteiger charge is 2.55. The van der Waals surface area contributed by atoms with E-state index in [4.69, 9.17) is 37.6 Å². The van der Waals surface area contributed by atoms with Crippen LogP contribution in [0.15, 0.2) is 69.9 Å². The second kappa shape index (κ2) is 20.0. The summed E-state index contributed by atoms with van der Waals surface area (Å²) >= 11 is 0. The predicted octanol–water partition coefficient (Wildman–Crippen LogP) is -2.92. The number of phenols is 5. The molecule has 66 heavy (non-hydrogen) atoms. The Balaban J connectivity index is 1.19. The Bertz CT molecular complexity index is 2420. The Kier molecular flexibility index (Phi) is 14.7. The minimum atomic E-state index is -2.17. The van der Waals surface area contributed by atoms with Crippen LogP contribution in [0.25, 0.3) is 28.4 Å². The number of carbonyl (C=O) groups excluding carboxylic acids is 1. The van der Waals surface area contributed by atoms with Gasteiger partial charge in [-0.25, -0.2) is 4.79 Å². The fourth-order valence-corrected chi connectivity index (χ4v) is 7.39. The lowest BCUT2D eigenvalue weighted by atomic mass is 9.96. The number of carbonyl (C=O) groups is 1. The summed E-state index contributed by atoms with van der Waals surface area (Å²) in [5.74, 6) is -4.96. The highest BCUT2D eigenvalue weighted by Crippen LogP contribution is 2.40. The maximum atomic E-state index is 14.2. The molecule has 0 spiro atoms. The summed E-state index contributed by atoms with van der Waals surface area (Å²) in [7, 11) is 0. The van der Waals surface area contributed by atoms with E-state index in [-0.39, 0.29) is 11.3 Å². The normalized spacial score (nSPS) is 32.7. The largest absolute Gasteiger partial charge is 0.508 e. The van der Waals surface area contributed by atoms with Crippen molar-refractivity contribution in [1.82, 2.24) is 0 Å². The average Bonchev–Trinajstić information content (AvgIpc) is 3.29. The van der Waals surface area contributed by atoms with Crippen LogP contribution in [0.3, 0.4) is 0 Å². The molecular formula is C42H46O24. The van der Waals surface area contributed by atoms with Crippen molar-refractivity contribution in [3.05, 3.63) is 76.5 Å². The molecule has 0 amide bonds. The summed E-state index contributed by atoms with van der Waals surface area (Å²) in [5.41, 5.74) is -1.21. The molecule has 0 aliphatic carbocycles. The molecule has 4 heterocycles. The molecular weight excluding hydrogens is 888 g/mol. The molecule has 24 nitrogen and oxygen atoms in total. The molecule has 3 fully saturated rings. The van der Waals surface area contributed by atoms with Gasteiger partial charge in [0, 0.05) is 23.8 Å². The molecule has 3 saturated heterocycles. The molecule has 14 N–H and O–H groups in total. The van der Waals surface area contributed by atoms with Gasteiger partial charge in [0.1, 0.15) is 102 Å². The highest BCUT2D eigenvalue weighted by atomic mass is 16.8. The van der Waals surface area contributed by atoms with E-state index in [1.165, 1.54) is 36.4 Å². The van der Waals surface area contributed by atoms with Crippen molar-refractivity contribution < 1.29 is 114 Å². The number of benzene rings is 3. The van der Waals surface area contributed by atoms with E-state index in [1.807, 2.05) is 0 Å². The summed E-state index contributed by atoms with van der Waals surface area (Å²) in [6.45, 7) is -2.70. The minimum Gasteiger partial charge on any atom is -0.508 e. The van der Waals surface area contributed by atoms with E-state index < -0.39 is 169 Å². The van der Waals surface area contributed by atoms with Gasteiger partial charge < -0.3 is 109 Å². The first kappa shape index (κ1) is 48.3. The van der Waals surface area contributed by atoms with Crippen LogP contribution < -0.4 is 10.2 Å². The lowest BCUT2D eigenvalue weighted by Crippen LogP contribution is -2.67. The lowest BCUT2D eigenvalue weighted by Gasteiger charge is -2.48. The molecule has 4 aromatic rings. The van der Waals surface area contributed by atoms with Crippen molar-refractivity contribution in [3.63, 3.8) is 0 Å². The molecule has 3 aromatic carbocycles. The van der Waals surface area contributed by atoms with E-state index in [1.54, 1.807) is 0 Å². The van der Waals surface area contributed by atoms with E-state index in [0.717, 1.165) is 30.3 Å². The summed E-state index contributed by atoms with van der Waals surface area (Å²) in [4.78, 5) is 26.7. The molecule has 3 aliphatic rings. The molecule has 358 valence electrons. The van der Waals surface area contributed by atoms with E-state index in [9.17, 15) is 81.1 Å². The van der Waals surface area contributed by atoms with Crippen molar-refractivity contribution in [3.8, 4) is 45.8 Å². The number of esters is 1. The maximum absolute atomic E-state index is 14.2. The maximum Gasteiger partial charge on any atom is 0.330 e. The number of fused-ring (bicyclic) bond motifs is 1. The van der Waals surface area contributed by atoms with Gasteiger partial charge in [0.25, 0.3) is 0 Å². The van der Waals surface area contributed by atoms with Gasteiger partial charge in [-0.15, -0.1) is 0 Å².